The highest BCUT2D eigenvalue weighted by Gasteiger charge is 2.10. The normalized spacial score (nSPS) is 11.0. The summed E-state index contributed by atoms with van der Waals surface area (Å²) in [6, 6.07) is 0. The average Bonchev–Trinajstić information content (AvgIpc) is 2.11. The van der Waals surface area contributed by atoms with Crippen molar-refractivity contribution in [1.29, 1.82) is 0 Å². The van der Waals surface area contributed by atoms with Crippen molar-refractivity contribution in [3.05, 3.63) is 0 Å². The van der Waals surface area contributed by atoms with Crippen molar-refractivity contribution in [2.75, 3.05) is 6.61 Å². The number of carbonyl (C=O) groups excluding carboxylic acids is 2. The molecule has 74 valence electrons. The number of rotatable bonds is 5. The van der Waals surface area contributed by atoms with Gasteiger partial charge in [0.2, 0.25) is 0 Å². The predicted molar refractivity (Wildman–Crippen MR) is 44.5 cm³/mol. The molecule has 0 aromatic heterocycles. The van der Waals surface area contributed by atoms with Gasteiger partial charge in [-0.2, -0.15) is 0 Å². The monoisotopic (exact) mass is 208 g/mol. The van der Waals surface area contributed by atoms with Crippen molar-refractivity contribution in [3.8, 4) is 0 Å². The number of amidine groups is 1. The first-order valence-electron chi connectivity index (χ1n) is 3.41. The standard InChI is InChI=1S/C6H9ClN2O4/c7-5(10)6(11)13-3-1-2-4(8)9-12/h12H,1-3H2,(H2,8,9). The summed E-state index contributed by atoms with van der Waals surface area (Å²) >= 11 is 4.80. The molecule has 13 heavy (non-hydrogen) atoms. The van der Waals surface area contributed by atoms with Gasteiger partial charge in [0.25, 0.3) is 0 Å². The van der Waals surface area contributed by atoms with Crippen LogP contribution >= 0.6 is 11.6 Å². The molecule has 0 aliphatic heterocycles. The minimum Gasteiger partial charge on any atom is -0.459 e. The van der Waals surface area contributed by atoms with Gasteiger partial charge in [-0.15, -0.1) is 0 Å². The lowest BCUT2D eigenvalue weighted by Crippen LogP contribution is -2.15. The van der Waals surface area contributed by atoms with Crippen LogP contribution in [-0.2, 0) is 14.3 Å². The molecule has 0 saturated carbocycles. The summed E-state index contributed by atoms with van der Waals surface area (Å²) in [5, 5.41) is 9.65. The third-order valence-electron chi connectivity index (χ3n) is 1.10. The fraction of sp³-hybridized carbons (Fsp3) is 0.500. The molecule has 0 aliphatic rings. The SMILES string of the molecule is N/C(CCCOC(=O)C(=O)Cl)=N\O. The Morgan fingerprint density at radius 3 is 2.62 bits per heavy atom. The van der Waals surface area contributed by atoms with Crippen LogP contribution in [0.15, 0.2) is 5.16 Å². The number of halogens is 1. The summed E-state index contributed by atoms with van der Waals surface area (Å²) in [6.07, 6.45) is 0.645. The van der Waals surface area contributed by atoms with E-state index >= 15 is 0 Å². The molecule has 0 atom stereocenters. The highest BCUT2D eigenvalue weighted by Crippen LogP contribution is 1.92. The van der Waals surface area contributed by atoms with Crippen molar-refractivity contribution in [2.24, 2.45) is 10.9 Å². The van der Waals surface area contributed by atoms with Crippen molar-refractivity contribution in [1.82, 2.24) is 0 Å². The molecule has 0 amide bonds. The number of esters is 1. The molecule has 0 aliphatic carbocycles. The van der Waals surface area contributed by atoms with E-state index in [1.165, 1.54) is 0 Å². The molecule has 0 unspecified atom stereocenters. The summed E-state index contributed by atoms with van der Waals surface area (Å²) in [4.78, 5) is 20.6. The van der Waals surface area contributed by atoms with E-state index in [1.807, 2.05) is 0 Å². The summed E-state index contributed by atoms with van der Waals surface area (Å²) in [7, 11) is 0. The highest BCUT2D eigenvalue weighted by atomic mass is 35.5. The van der Waals surface area contributed by atoms with E-state index in [-0.39, 0.29) is 18.9 Å². The van der Waals surface area contributed by atoms with E-state index in [9.17, 15) is 9.59 Å². The third kappa shape index (κ3) is 5.92. The van der Waals surface area contributed by atoms with Crippen LogP contribution in [0, 0.1) is 0 Å². The number of ether oxygens (including phenoxy) is 1. The summed E-state index contributed by atoms with van der Waals surface area (Å²) < 4.78 is 4.39. The molecule has 0 fully saturated rings. The van der Waals surface area contributed by atoms with E-state index in [4.69, 9.17) is 22.5 Å². The number of carbonyl (C=O) groups is 2. The van der Waals surface area contributed by atoms with Gasteiger partial charge in [-0.25, -0.2) is 4.79 Å². The second-order valence-corrected chi connectivity index (χ2v) is 2.45. The summed E-state index contributed by atoms with van der Waals surface area (Å²) in [5.74, 6) is -1.06. The number of nitrogens with two attached hydrogens (primary N) is 1. The van der Waals surface area contributed by atoms with Gasteiger partial charge >= 0.3 is 11.2 Å². The van der Waals surface area contributed by atoms with Crippen LogP contribution in [0.3, 0.4) is 0 Å². The summed E-state index contributed by atoms with van der Waals surface area (Å²) in [6.45, 7) is 0.00745. The number of oxime groups is 1. The molecule has 0 saturated heterocycles. The zero-order chi connectivity index (χ0) is 10.3. The van der Waals surface area contributed by atoms with Crippen LogP contribution in [0.25, 0.3) is 0 Å². The van der Waals surface area contributed by atoms with Gasteiger partial charge < -0.3 is 15.7 Å². The van der Waals surface area contributed by atoms with Crippen LogP contribution in [0.5, 0.6) is 0 Å². The Kier molecular flexibility index (Phi) is 5.62. The maximum Gasteiger partial charge on any atom is 0.391 e. The quantitative estimate of drug-likeness (QED) is 0.0954. The van der Waals surface area contributed by atoms with Crippen molar-refractivity contribution in [2.45, 2.75) is 12.8 Å². The van der Waals surface area contributed by atoms with E-state index in [0.717, 1.165) is 0 Å². The third-order valence-corrected chi connectivity index (χ3v) is 1.25. The average molecular weight is 209 g/mol. The minimum absolute atomic E-state index is 0.00745. The molecule has 3 N–H and O–H groups in total. The molecular formula is C6H9ClN2O4. The second kappa shape index (κ2) is 6.24. The van der Waals surface area contributed by atoms with Gasteiger partial charge in [-0.05, 0) is 18.0 Å². The van der Waals surface area contributed by atoms with Crippen LogP contribution in [0.2, 0.25) is 0 Å². The molecule has 0 spiro atoms. The van der Waals surface area contributed by atoms with E-state index in [2.05, 4.69) is 9.89 Å². The molecule has 0 aromatic rings. The lowest BCUT2D eigenvalue weighted by molar-refractivity contribution is -0.150. The van der Waals surface area contributed by atoms with Crippen molar-refractivity contribution >= 4 is 28.6 Å². The van der Waals surface area contributed by atoms with Gasteiger partial charge in [-0.3, -0.25) is 4.79 Å². The number of hydrogen-bond acceptors (Lipinski definition) is 5. The second-order valence-electron chi connectivity index (χ2n) is 2.10. The lowest BCUT2D eigenvalue weighted by Gasteiger charge is -2.00. The van der Waals surface area contributed by atoms with Gasteiger partial charge in [0.1, 0.15) is 5.84 Å². The van der Waals surface area contributed by atoms with E-state index in [1.54, 1.807) is 0 Å². The first-order chi connectivity index (χ1) is 6.07. The summed E-state index contributed by atoms with van der Waals surface area (Å²) in [5.41, 5.74) is 5.12. The molecule has 6 nitrogen and oxygen atoms in total. The zero-order valence-electron chi connectivity index (χ0n) is 6.70. The molecule has 0 radical (unpaired) electrons. The predicted octanol–water partition coefficient (Wildman–Crippen LogP) is -0.178. The first-order valence-corrected chi connectivity index (χ1v) is 3.78. The number of hydrogen-bond donors (Lipinski definition) is 2. The van der Waals surface area contributed by atoms with Crippen LogP contribution < -0.4 is 5.73 Å². The Hall–Kier alpha value is -1.30. The Labute approximate surface area is 79.3 Å². The molecule has 0 bridgehead atoms. The van der Waals surface area contributed by atoms with Crippen molar-refractivity contribution < 1.29 is 19.5 Å². The van der Waals surface area contributed by atoms with E-state index < -0.39 is 11.2 Å². The van der Waals surface area contributed by atoms with Crippen LogP contribution in [0.4, 0.5) is 0 Å². The zero-order valence-corrected chi connectivity index (χ0v) is 7.45. The van der Waals surface area contributed by atoms with Crippen LogP contribution in [-0.4, -0.2) is 28.9 Å². The number of nitrogens with zero attached hydrogens (tertiary/aromatic N) is 1. The Bertz CT molecular complexity index is 229. The topological polar surface area (TPSA) is 102 Å². The first kappa shape index (κ1) is 11.7. The minimum atomic E-state index is -1.16. The van der Waals surface area contributed by atoms with E-state index in [0.29, 0.717) is 6.42 Å². The maximum absolute atomic E-state index is 10.4. The van der Waals surface area contributed by atoms with Gasteiger partial charge in [0, 0.05) is 6.42 Å². The molecular weight excluding hydrogens is 200 g/mol. The Balaban J connectivity index is 3.47. The molecule has 0 heterocycles. The Morgan fingerprint density at radius 1 is 1.54 bits per heavy atom. The Morgan fingerprint density at radius 2 is 2.15 bits per heavy atom. The van der Waals surface area contributed by atoms with Crippen LogP contribution in [0.1, 0.15) is 12.8 Å². The van der Waals surface area contributed by atoms with Gasteiger partial charge in [0.05, 0.1) is 6.61 Å². The fourth-order valence-corrected chi connectivity index (χ4v) is 0.579. The molecule has 0 aromatic carbocycles. The molecule has 0 rings (SSSR count). The smallest absolute Gasteiger partial charge is 0.391 e. The maximum atomic E-state index is 10.4. The van der Waals surface area contributed by atoms with Gasteiger partial charge in [0.15, 0.2) is 0 Å². The molecule has 7 heteroatoms. The van der Waals surface area contributed by atoms with Crippen molar-refractivity contribution in [3.63, 3.8) is 0 Å². The largest absolute Gasteiger partial charge is 0.459 e. The van der Waals surface area contributed by atoms with Gasteiger partial charge in [-0.1, -0.05) is 5.16 Å². The highest BCUT2D eigenvalue weighted by molar-refractivity contribution is 6.80. The lowest BCUT2D eigenvalue weighted by atomic mass is 10.3. The fourth-order valence-electron chi connectivity index (χ4n) is 0.525.